The summed E-state index contributed by atoms with van der Waals surface area (Å²) in [5, 5.41) is 9.15. The van der Waals surface area contributed by atoms with Crippen molar-refractivity contribution in [1.29, 1.82) is 0 Å². The van der Waals surface area contributed by atoms with Crippen molar-refractivity contribution in [2.24, 2.45) is 0 Å². The second-order valence-corrected chi connectivity index (χ2v) is 6.76. The molecular weight excluding hydrogens is 244 g/mol. The fraction of sp³-hybridized carbons (Fsp3) is 0.600. The van der Waals surface area contributed by atoms with Crippen LogP contribution in [0.3, 0.4) is 0 Å². The van der Waals surface area contributed by atoms with Crippen LogP contribution in [0.15, 0.2) is 29.2 Å². The van der Waals surface area contributed by atoms with Crippen molar-refractivity contribution < 1.29 is 9.32 Å². The van der Waals surface area contributed by atoms with Crippen molar-refractivity contribution in [3.63, 3.8) is 0 Å². The molecule has 2 nitrogen and oxygen atoms in total. The number of aliphatic hydroxyl groups is 1. The first-order valence-electron chi connectivity index (χ1n) is 6.91. The predicted molar refractivity (Wildman–Crippen MR) is 75.1 cm³/mol. The van der Waals surface area contributed by atoms with Gasteiger partial charge in [-0.15, -0.1) is 0 Å². The summed E-state index contributed by atoms with van der Waals surface area (Å²) in [7, 11) is -0.826. The first-order valence-corrected chi connectivity index (χ1v) is 8.13. The maximum Gasteiger partial charge on any atom is 0.0560 e. The molecule has 0 amide bonds. The number of hydrogen-bond donors (Lipinski definition) is 1. The van der Waals surface area contributed by atoms with Gasteiger partial charge in [0, 0.05) is 16.8 Å². The van der Waals surface area contributed by atoms with Crippen LogP contribution in [0.25, 0.3) is 0 Å². The molecule has 18 heavy (non-hydrogen) atoms. The Bertz CT molecular complexity index is 397. The highest BCUT2D eigenvalue weighted by atomic mass is 32.2. The molecule has 100 valence electrons. The highest BCUT2D eigenvalue weighted by molar-refractivity contribution is 7.85. The molecule has 3 heteroatoms. The van der Waals surface area contributed by atoms with Crippen LogP contribution in [-0.2, 0) is 17.2 Å². The maximum absolute atomic E-state index is 12.4. The fourth-order valence-corrected chi connectivity index (χ4v) is 4.19. The molecule has 1 fully saturated rings. The summed E-state index contributed by atoms with van der Waals surface area (Å²) in [6, 6.07) is 8.18. The van der Waals surface area contributed by atoms with Crippen LogP contribution in [0.2, 0.25) is 0 Å². The maximum atomic E-state index is 12.4. The number of hydrogen-bond acceptors (Lipinski definition) is 2. The van der Waals surface area contributed by atoms with Gasteiger partial charge in [-0.05, 0) is 49.8 Å². The molecule has 1 aromatic rings. The van der Waals surface area contributed by atoms with Gasteiger partial charge in [0.05, 0.1) is 10.8 Å². The summed E-state index contributed by atoms with van der Waals surface area (Å²) in [5.74, 6) is 0. The molecule has 0 spiro atoms. The molecule has 0 bridgehead atoms. The van der Waals surface area contributed by atoms with E-state index in [2.05, 4.69) is 12.1 Å². The van der Waals surface area contributed by atoms with Gasteiger partial charge in [0.2, 0.25) is 0 Å². The van der Waals surface area contributed by atoms with Crippen molar-refractivity contribution in [2.75, 3.05) is 6.61 Å². The van der Waals surface area contributed by atoms with Gasteiger partial charge < -0.3 is 5.11 Å². The van der Waals surface area contributed by atoms with Crippen LogP contribution in [0.5, 0.6) is 0 Å². The van der Waals surface area contributed by atoms with E-state index in [9.17, 15) is 4.21 Å². The van der Waals surface area contributed by atoms with Gasteiger partial charge in [0.25, 0.3) is 0 Å². The summed E-state index contributed by atoms with van der Waals surface area (Å²) in [4.78, 5) is 0.989. The Balaban J connectivity index is 1.99. The monoisotopic (exact) mass is 266 g/mol. The molecule has 0 saturated heterocycles. The molecule has 1 atom stereocenters. The van der Waals surface area contributed by atoms with Crippen molar-refractivity contribution >= 4 is 10.8 Å². The Labute approximate surface area is 112 Å². The van der Waals surface area contributed by atoms with Crippen LogP contribution in [0, 0.1) is 0 Å². The Morgan fingerprint density at radius 1 is 1.22 bits per heavy atom. The van der Waals surface area contributed by atoms with Crippen molar-refractivity contribution in [3.05, 3.63) is 29.8 Å². The van der Waals surface area contributed by atoms with E-state index < -0.39 is 10.8 Å². The normalized spacial score (nSPS) is 18.1. The SMILES string of the molecule is O=[S@@](c1cccc(CCCCO)c1)C1CCCC1. The molecule has 1 N–H and O–H groups in total. The Hall–Kier alpha value is -0.670. The van der Waals surface area contributed by atoms with Gasteiger partial charge in [0.15, 0.2) is 0 Å². The van der Waals surface area contributed by atoms with E-state index in [0.717, 1.165) is 37.0 Å². The molecule has 0 heterocycles. The minimum Gasteiger partial charge on any atom is -0.396 e. The smallest absolute Gasteiger partial charge is 0.0560 e. The third-order valence-electron chi connectivity index (χ3n) is 3.61. The first-order chi connectivity index (χ1) is 8.81. The second kappa shape index (κ2) is 7.05. The van der Waals surface area contributed by atoms with Gasteiger partial charge in [0.1, 0.15) is 0 Å². The first kappa shape index (κ1) is 13.8. The van der Waals surface area contributed by atoms with E-state index in [1.165, 1.54) is 18.4 Å². The molecule has 0 radical (unpaired) electrons. The van der Waals surface area contributed by atoms with Crippen LogP contribution < -0.4 is 0 Å². The summed E-state index contributed by atoms with van der Waals surface area (Å²) >= 11 is 0. The molecule has 1 saturated carbocycles. The quantitative estimate of drug-likeness (QED) is 0.804. The molecule has 0 unspecified atom stereocenters. The third kappa shape index (κ3) is 3.66. The van der Waals surface area contributed by atoms with Crippen LogP contribution >= 0.6 is 0 Å². The number of benzene rings is 1. The predicted octanol–water partition coefficient (Wildman–Crippen LogP) is 3.05. The summed E-state index contributed by atoms with van der Waals surface area (Å²) in [6.45, 7) is 0.258. The number of aliphatic hydroxyl groups excluding tert-OH is 1. The van der Waals surface area contributed by atoms with Crippen LogP contribution in [0.4, 0.5) is 0 Å². The van der Waals surface area contributed by atoms with Crippen LogP contribution in [0.1, 0.15) is 44.1 Å². The lowest BCUT2D eigenvalue weighted by molar-refractivity contribution is 0.284. The zero-order valence-corrected chi connectivity index (χ0v) is 11.6. The average molecular weight is 266 g/mol. The third-order valence-corrected chi connectivity index (χ3v) is 5.40. The summed E-state index contributed by atoms with van der Waals surface area (Å²) < 4.78 is 12.4. The minimum atomic E-state index is -0.826. The average Bonchev–Trinajstić information content (AvgIpc) is 2.92. The highest BCUT2D eigenvalue weighted by Gasteiger charge is 2.22. The van der Waals surface area contributed by atoms with Gasteiger partial charge in [-0.3, -0.25) is 4.21 Å². The van der Waals surface area contributed by atoms with E-state index in [4.69, 9.17) is 5.11 Å². The van der Waals surface area contributed by atoms with E-state index in [-0.39, 0.29) is 6.61 Å². The zero-order valence-electron chi connectivity index (χ0n) is 10.8. The van der Waals surface area contributed by atoms with E-state index in [0.29, 0.717) is 5.25 Å². The van der Waals surface area contributed by atoms with Gasteiger partial charge in [-0.2, -0.15) is 0 Å². The van der Waals surface area contributed by atoms with Gasteiger partial charge in [-0.1, -0.05) is 25.0 Å². The Morgan fingerprint density at radius 3 is 2.72 bits per heavy atom. The number of rotatable bonds is 6. The lowest BCUT2D eigenvalue weighted by Crippen LogP contribution is -2.10. The molecule has 1 aliphatic carbocycles. The molecule has 1 aromatic carbocycles. The zero-order chi connectivity index (χ0) is 12.8. The largest absolute Gasteiger partial charge is 0.396 e. The van der Waals surface area contributed by atoms with E-state index >= 15 is 0 Å². The molecule has 2 rings (SSSR count). The lowest BCUT2D eigenvalue weighted by atomic mass is 10.1. The summed E-state index contributed by atoms with van der Waals surface area (Å²) in [5.41, 5.74) is 1.24. The Kier molecular flexibility index (Phi) is 5.39. The van der Waals surface area contributed by atoms with Crippen molar-refractivity contribution in [2.45, 2.75) is 55.1 Å². The topological polar surface area (TPSA) is 37.3 Å². The van der Waals surface area contributed by atoms with Crippen molar-refractivity contribution in [1.82, 2.24) is 0 Å². The highest BCUT2D eigenvalue weighted by Crippen LogP contribution is 2.27. The number of aryl methyl sites for hydroxylation is 1. The van der Waals surface area contributed by atoms with Crippen LogP contribution in [-0.4, -0.2) is 21.2 Å². The number of unbranched alkanes of at least 4 members (excludes halogenated alkanes) is 1. The molecule has 0 aliphatic heterocycles. The molecular formula is C15H22O2S. The van der Waals surface area contributed by atoms with Gasteiger partial charge in [-0.25, -0.2) is 0 Å². The minimum absolute atomic E-state index is 0.258. The standard InChI is InChI=1S/C15H22O2S/c16-11-4-3-6-13-7-5-10-15(12-13)18(17)14-8-1-2-9-14/h5,7,10,12,14,16H,1-4,6,8-9,11H2/t18-/m1/s1. The van der Waals surface area contributed by atoms with E-state index in [1.807, 2.05) is 12.1 Å². The second-order valence-electron chi connectivity index (χ2n) is 5.03. The van der Waals surface area contributed by atoms with E-state index in [1.54, 1.807) is 0 Å². The molecule has 0 aromatic heterocycles. The lowest BCUT2D eigenvalue weighted by Gasteiger charge is -2.10. The van der Waals surface area contributed by atoms with Gasteiger partial charge >= 0.3 is 0 Å². The summed E-state index contributed by atoms with van der Waals surface area (Å²) in [6.07, 6.45) is 7.49. The Morgan fingerprint density at radius 2 is 2.00 bits per heavy atom. The fourth-order valence-electron chi connectivity index (χ4n) is 2.56. The van der Waals surface area contributed by atoms with Crippen molar-refractivity contribution in [3.8, 4) is 0 Å². The molecule has 1 aliphatic rings.